The SMILES string of the molecule is CCC1CCSC(=NCC(C)(C)S(C)(=O)=O)N1. The predicted molar refractivity (Wildman–Crippen MR) is 75.5 cm³/mol. The molecule has 0 radical (unpaired) electrons. The summed E-state index contributed by atoms with van der Waals surface area (Å²) in [7, 11) is -3.07. The minimum Gasteiger partial charge on any atom is -0.362 e. The van der Waals surface area contributed by atoms with Crippen LogP contribution in [0.25, 0.3) is 0 Å². The summed E-state index contributed by atoms with van der Waals surface area (Å²) in [6.07, 6.45) is 3.49. The van der Waals surface area contributed by atoms with Crippen LogP contribution in [0.3, 0.4) is 0 Å². The Morgan fingerprint density at radius 2 is 2.18 bits per heavy atom. The number of amidine groups is 1. The zero-order valence-corrected chi connectivity index (χ0v) is 12.6. The molecule has 6 heteroatoms. The standard InChI is InChI=1S/C11H22N2O2S2/c1-5-9-6-7-16-10(13-9)12-8-11(2,3)17(4,14)15/h9H,5-8H2,1-4H3,(H,12,13). The fraction of sp³-hybridized carbons (Fsp3) is 0.909. The van der Waals surface area contributed by atoms with Crippen LogP contribution in [0, 0.1) is 0 Å². The van der Waals surface area contributed by atoms with E-state index in [1.165, 1.54) is 6.26 Å². The number of aliphatic imine (C=N–C) groups is 1. The summed E-state index contributed by atoms with van der Waals surface area (Å²) in [5.41, 5.74) is 0. The summed E-state index contributed by atoms with van der Waals surface area (Å²) < 4.78 is 22.3. The Labute approximate surface area is 109 Å². The van der Waals surface area contributed by atoms with Crippen molar-refractivity contribution in [1.29, 1.82) is 0 Å². The lowest BCUT2D eigenvalue weighted by Crippen LogP contribution is -2.39. The predicted octanol–water partition coefficient (Wildman–Crippen LogP) is 1.67. The van der Waals surface area contributed by atoms with E-state index in [0.29, 0.717) is 12.6 Å². The third-order valence-electron chi connectivity index (χ3n) is 3.13. The van der Waals surface area contributed by atoms with E-state index in [9.17, 15) is 8.42 Å². The third-order valence-corrected chi connectivity index (χ3v) is 6.23. The molecule has 0 aromatic carbocycles. The maximum absolute atomic E-state index is 11.5. The quantitative estimate of drug-likeness (QED) is 0.850. The second-order valence-electron chi connectivity index (χ2n) is 5.04. The number of hydrogen-bond donors (Lipinski definition) is 1. The van der Waals surface area contributed by atoms with E-state index < -0.39 is 14.6 Å². The van der Waals surface area contributed by atoms with Gasteiger partial charge in [0.25, 0.3) is 0 Å². The maximum atomic E-state index is 11.5. The molecular formula is C11H22N2O2S2. The monoisotopic (exact) mass is 278 g/mol. The topological polar surface area (TPSA) is 58.5 Å². The second kappa shape index (κ2) is 5.61. The molecule has 1 unspecified atom stereocenters. The molecule has 0 aliphatic carbocycles. The molecule has 0 spiro atoms. The molecule has 17 heavy (non-hydrogen) atoms. The lowest BCUT2D eigenvalue weighted by atomic mass is 10.2. The molecule has 100 valence electrons. The smallest absolute Gasteiger partial charge is 0.156 e. The molecule has 0 saturated carbocycles. The average molecular weight is 278 g/mol. The van der Waals surface area contributed by atoms with Gasteiger partial charge < -0.3 is 5.32 Å². The van der Waals surface area contributed by atoms with Gasteiger partial charge in [-0.05, 0) is 26.7 Å². The van der Waals surface area contributed by atoms with Gasteiger partial charge in [-0.15, -0.1) is 0 Å². The van der Waals surface area contributed by atoms with Crippen molar-refractivity contribution in [2.75, 3.05) is 18.6 Å². The summed E-state index contributed by atoms with van der Waals surface area (Å²) in [5, 5.41) is 4.23. The van der Waals surface area contributed by atoms with E-state index in [2.05, 4.69) is 17.2 Å². The average Bonchev–Trinajstić information content (AvgIpc) is 2.25. The van der Waals surface area contributed by atoms with Crippen molar-refractivity contribution in [3.05, 3.63) is 0 Å². The van der Waals surface area contributed by atoms with Crippen molar-refractivity contribution in [2.24, 2.45) is 4.99 Å². The number of rotatable bonds is 4. The molecule has 1 rings (SSSR count). The number of nitrogens with zero attached hydrogens (tertiary/aromatic N) is 1. The van der Waals surface area contributed by atoms with Crippen molar-refractivity contribution in [3.8, 4) is 0 Å². The molecule has 0 bridgehead atoms. The van der Waals surface area contributed by atoms with Gasteiger partial charge in [0.2, 0.25) is 0 Å². The molecule has 0 aromatic rings. The van der Waals surface area contributed by atoms with Gasteiger partial charge >= 0.3 is 0 Å². The van der Waals surface area contributed by atoms with Crippen molar-refractivity contribution < 1.29 is 8.42 Å². The minimum absolute atomic E-state index is 0.317. The van der Waals surface area contributed by atoms with Crippen molar-refractivity contribution in [1.82, 2.24) is 5.32 Å². The Balaban J connectivity index is 2.65. The zero-order valence-electron chi connectivity index (χ0n) is 11.0. The largest absolute Gasteiger partial charge is 0.362 e. The van der Waals surface area contributed by atoms with Crippen LogP contribution in [0.15, 0.2) is 4.99 Å². The summed E-state index contributed by atoms with van der Waals surface area (Å²) in [6.45, 7) is 5.90. The highest BCUT2D eigenvalue weighted by atomic mass is 32.2. The van der Waals surface area contributed by atoms with Crippen LogP contribution >= 0.6 is 11.8 Å². The number of hydrogen-bond acceptors (Lipinski definition) is 4. The Morgan fingerprint density at radius 3 is 2.71 bits per heavy atom. The number of nitrogens with one attached hydrogen (secondary N) is 1. The van der Waals surface area contributed by atoms with Crippen LogP contribution in [0.2, 0.25) is 0 Å². The fourth-order valence-electron chi connectivity index (χ4n) is 1.36. The van der Waals surface area contributed by atoms with E-state index in [0.717, 1.165) is 23.8 Å². The first kappa shape index (κ1) is 14.8. The Morgan fingerprint density at radius 1 is 1.53 bits per heavy atom. The summed E-state index contributed by atoms with van der Waals surface area (Å²) >= 11 is 1.68. The Hall–Kier alpha value is -0.230. The first-order valence-corrected chi connectivity index (χ1v) is 8.77. The van der Waals surface area contributed by atoms with Crippen LogP contribution in [0.4, 0.5) is 0 Å². The molecule has 0 amide bonds. The van der Waals surface area contributed by atoms with Crippen LogP contribution in [-0.4, -0.2) is 42.9 Å². The normalized spacial score (nSPS) is 24.7. The highest BCUT2D eigenvalue weighted by Gasteiger charge is 2.30. The van der Waals surface area contributed by atoms with Crippen molar-refractivity contribution >= 4 is 26.8 Å². The minimum atomic E-state index is -3.07. The van der Waals surface area contributed by atoms with Gasteiger partial charge in [0.05, 0.1) is 11.3 Å². The van der Waals surface area contributed by atoms with E-state index in [1.54, 1.807) is 25.6 Å². The van der Waals surface area contributed by atoms with Gasteiger partial charge in [0, 0.05) is 18.1 Å². The molecule has 1 heterocycles. The zero-order chi connectivity index (χ0) is 13.1. The fourth-order valence-corrected chi connectivity index (χ4v) is 2.66. The maximum Gasteiger partial charge on any atom is 0.156 e. The van der Waals surface area contributed by atoms with Crippen LogP contribution in [0.1, 0.15) is 33.6 Å². The van der Waals surface area contributed by atoms with E-state index in [-0.39, 0.29) is 0 Å². The summed E-state index contributed by atoms with van der Waals surface area (Å²) in [5.74, 6) is 1.06. The third kappa shape index (κ3) is 4.17. The van der Waals surface area contributed by atoms with Crippen molar-refractivity contribution in [3.63, 3.8) is 0 Å². The molecule has 4 nitrogen and oxygen atoms in total. The van der Waals surface area contributed by atoms with Crippen LogP contribution in [0.5, 0.6) is 0 Å². The van der Waals surface area contributed by atoms with Gasteiger partial charge in [-0.1, -0.05) is 18.7 Å². The first-order chi connectivity index (χ1) is 7.76. The van der Waals surface area contributed by atoms with E-state index >= 15 is 0 Å². The van der Waals surface area contributed by atoms with E-state index in [4.69, 9.17) is 0 Å². The molecule has 1 aliphatic heterocycles. The molecule has 0 aromatic heterocycles. The van der Waals surface area contributed by atoms with Gasteiger partial charge in [-0.2, -0.15) is 0 Å². The first-order valence-electron chi connectivity index (χ1n) is 5.89. The second-order valence-corrected chi connectivity index (χ2v) is 8.77. The summed E-state index contributed by atoms with van der Waals surface area (Å²) in [4.78, 5) is 4.41. The van der Waals surface area contributed by atoms with Gasteiger partial charge in [-0.3, -0.25) is 4.99 Å². The summed E-state index contributed by atoms with van der Waals surface area (Å²) in [6, 6.07) is 0.483. The highest BCUT2D eigenvalue weighted by molar-refractivity contribution is 8.13. The lowest BCUT2D eigenvalue weighted by molar-refractivity contribution is 0.551. The molecule has 1 N–H and O–H groups in total. The molecule has 1 fully saturated rings. The van der Waals surface area contributed by atoms with Crippen molar-refractivity contribution in [2.45, 2.75) is 44.4 Å². The number of sulfone groups is 1. The van der Waals surface area contributed by atoms with Gasteiger partial charge in [0.15, 0.2) is 15.0 Å². The molecule has 1 saturated heterocycles. The van der Waals surface area contributed by atoms with Gasteiger partial charge in [0.1, 0.15) is 0 Å². The molecular weight excluding hydrogens is 256 g/mol. The van der Waals surface area contributed by atoms with Crippen LogP contribution in [-0.2, 0) is 9.84 Å². The Bertz CT molecular complexity index is 388. The lowest BCUT2D eigenvalue weighted by Gasteiger charge is -2.26. The molecule has 1 atom stereocenters. The van der Waals surface area contributed by atoms with E-state index in [1.807, 2.05) is 0 Å². The Kier molecular flexibility index (Phi) is 4.89. The number of thioether (sulfide) groups is 1. The molecule has 1 aliphatic rings. The van der Waals surface area contributed by atoms with Gasteiger partial charge in [-0.25, -0.2) is 8.42 Å². The van der Waals surface area contributed by atoms with Crippen LogP contribution < -0.4 is 5.32 Å². The highest BCUT2D eigenvalue weighted by Crippen LogP contribution is 2.19.